The molecule has 1 saturated carbocycles. The van der Waals surface area contributed by atoms with Gasteiger partial charge in [0.1, 0.15) is 0 Å². The van der Waals surface area contributed by atoms with Crippen LogP contribution in [0.3, 0.4) is 0 Å². The Balaban J connectivity index is 2.12. The van der Waals surface area contributed by atoms with Gasteiger partial charge >= 0.3 is 0 Å². The lowest BCUT2D eigenvalue weighted by molar-refractivity contribution is 0.00257. The van der Waals surface area contributed by atoms with Crippen molar-refractivity contribution in [2.24, 2.45) is 5.73 Å². The maximum absolute atomic E-state index is 5.91. The molecule has 0 aromatic heterocycles. The lowest BCUT2D eigenvalue weighted by Crippen LogP contribution is -2.58. The zero-order valence-corrected chi connectivity index (χ0v) is 9.31. The minimum Gasteiger partial charge on any atom is -0.392 e. The van der Waals surface area contributed by atoms with Gasteiger partial charge in [-0.25, -0.2) is 0 Å². The molecule has 1 aliphatic carbocycles. The van der Waals surface area contributed by atoms with E-state index in [0.717, 1.165) is 39.1 Å². The molecule has 0 aromatic carbocycles. The van der Waals surface area contributed by atoms with Crippen LogP contribution < -0.4 is 5.73 Å². The van der Waals surface area contributed by atoms with Crippen LogP contribution in [0, 0.1) is 0 Å². The van der Waals surface area contributed by atoms with Gasteiger partial charge in [-0.1, -0.05) is 25.1 Å². The number of ether oxygens (including phenoxy) is 1. The van der Waals surface area contributed by atoms with E-state index in [1.807, 2.05) is 0 Å². The molecule has 0 aromatic rings. The van der Waals surface area contributed by atoms with Crippen molar-refractivity contribution in [3.05, 3.63) is 0 Å². The Bertz CT molecular complexity index is 220. The van der Waals surface area contributed by atoms with Crippen LogP contribution in [-0.4, -0.2) is 41.7 Å². The van der Waals surface area contributed by atoms with Crippen LogP contribution in [0.4, 0.5) is 0 Å². The molecular weight excluding hydrogens is 196 g/mol. The Morgan fingerprint density at radius 2 is 1.79 bits per heavy atom. The lowest BCUT2D eigenvalue weighted by atomic mass is 9.94. The van der Waals surface area contributed by atoms with E-state index < -0.39 is 0 Å². The molecule has 1 heterocycles. The first-order valence-corrected chi connectivity index (χ1v) is 5.79. The lowest BCUT2D eigenvalue weighted by Gasteiger charge is -2.42. The summed E-state index contributed by atoms with van der Waals surface area (Å²) in [6, 6.07) is 0. The molecule has 2 aliphatic rings. The SMILES string of the molecule is NC(=S)C1(N2CCOCC2)CCCC1. The smallest absolute Gasteiger partial charge is 0.0934 e. The van der Waals surface area contributed by atoms with Crippen LogP contribution >= 0.6 is 12.2 Å². The van der Waals surface area contributed by atoms with E-state index in [4.69, 9.17) is 22.7 Å². The molecule has 2 rings (SSSR count). The molecule has 0 spiro atoms. The van der Waals surface area contributed by atoms with Gasteiger partial charge in [0, 0.05) is 13.1 Å². The number of nitrogens with zero attached hydrogens (tertiary/aromatic N) is 1. The van der Waals surface area contributed by atoms with Crippen molar-refractivity contribution in [2.45, 2.75) is 31.2 Å². The monoisotopic (exact) mass is 214 g/mol. The first kappa shape index (κ1) is 10.3. The summed E-state index contributed by atoms with van der Waals surface area (Å²) in [5.41, 5.74) is 5.94. The van der Waals surface area contributed by atoms with Gasteiger partial charge < -0.3 is 10.5 Å². The number of thiocarbonyl (C=S) groups is 1. The normalized spacial score (nSPS) is 27.7. The predicted octanol–water partition coefficient (Wildman–Crippen LogP) is 0.917. The topological polar surface area (TPSA) is 38.5 Å². The molecule has 14 heavy (non-hydrogen) atoms. The van der Waals surface area contributed by atoms with E-state index in [1.165, 1.54) is 12.8 Å². The molecule has 1 aliphatic heterocycles. The van der Waals surface area contributed by atoms with Gasteiger partial charge in [-0.15, -0.1) is 0 Å². The third-order valence-electron chi connectivity index (χ3n) is 3.51. The van der Waals surface area contributed by atoms with E-state index in [-0.39, 0.29) is 5.54 Å². The van der Waals surface area contributed by atoms with Gasteiger partial charge in [-0.3, -0.25) is 4.90 Å². The molecule has 0 atom stereocenters. The molecule has 0 radical (unpaired) electrons. The summed E-state index contributed by atoms with van der Waals surface area (Å²) in [6.45, 7) is 3.61. The number of morpholine rings is 1. The minimum absolute atomic E-state index is 0.0269. The second kappa shape index (κ2) is 4.13. The summed E-state index contributed by atoms with van der Waals surface area (Å²) in [5, 5.41) is 0. The number of rotatable bonds is 2. The second-order valence-corrected chi connectivity index (χ2v) is 4.64. The van der Waals surface area contributed by atoms with Crippen LogP contribution in [0.25, 0.3) is 0 Å². The molecule has 2 fully saturated rings. The predicted molar refractivity (Wildman–Crippen MR) is 60.4 cm³/mol. The molecular formula is C10H18N2OS. The Morgan fingerprint density at radius 1 is 1.21 bits per heavy atom. The van der Waals surface area contributed by atoms with Gasteiger partial charge in [-0.05, 0) is 12.8 Å². The Labute approximate surface area is 90.6 Å². The van der Waals surface area contributed by atoms with Gasteiger partial charge in [0.05, 0.1) is 23.7 Å². The van der Waals surface area contributed by atoms with Crippen molar-refractivity contribution in [1.29, 1.82) is 0 Å². The van der Waals surface area contributed by atoms with Crippen LogP contribution in [0.2, 0.25) is 0 Å². The minimum atomic E-state index is 0.0269. The molecule has 3 nitrogen and oxygen atoms in total. The summed E-state index contributed by atoms with van der Waals surface area (Å²) in [6.07, 6.45) is 4.80. The van der Waals surface area contributed by atoms with Crippen molar-refractivity contribution in [3.8, 4) is 0 Å². The van der Waals surface area contributed by atoms with E-state index in [9.17, 15) is 0 Å². The Morgan fingerprint density at radius 3 is 2.29 bits per heavy atom. The highest BCUT2D eigenvalue weighted by atomic mass is 32.1. The van der Waals surface area contributed by atoms with E-state index in [1.54, 1.807) is 0 Å². The quantitative estimate of drug-likeness (QED) is 0.694. The zero-order valence-electron chi connectivity index (χ0n) is 8.50. The van der Waals surface area contributed by atoms with Crippen LogP contribution in [-0.2, 0) is 4.74 Å². The summed E-state index contributed by atoms with van der Waals surface area (Å²) < 4.78 is 5.36. The molecule has 80 valence electrons. The third-order valence-corrected chi connectivity index (χ3v) is 3.89. The number of nitrogens with two attached hydrogens (primary N) is 1. The average molecular weight is 214 g/mol. The summed E-state index contributed by atoms with van der Waals surface area (Å²) in [7, 11) is 0. The average Bonchev–Trinajstić information content (AvgIpc) is 2.69. The van der Waals surface area contributed by atoms with Crippen molar-refractivity contribution in [2.75, 3.05) is 26.3 Å². The van der Waals surface area contributed by atoms with Crippen molar-refractivity contribution in [1.82, 2.24) is 4.90 Å². The maximum Gasteiger partial charge on any atom is 0.0934 e. The molecule has 1 saturated heterocycles. The fourth-order valence-electron chi connectivity index (χ4n) is 2.67. The molecule has 4 heteroatoms. The number of hydrogen-bond acceptors (Lipinski definition) is 3. The van der Waals surface area contributed by atoms with Crippen molar-refractivity contribution >= 4 is 17.2 Å². The zero-order chi connectivity index (χ0) is 10.0. The van der Waals surface area contributed by atoms with Crippen molar-refractivity contribution in [3.63, 3.8) is 0 Å². The highest BCUT2D eigenvalue weighted by molar-refractivity contribution is 7.80. The van der Waals surface area contributed by atoms with Crippen molar-refractivity contribution < 1.29 is 4.74 Å². The summed E-state index contributed by atoms with van der Waals surface area (Å²) in [4.78, 5) is 3.13. The Kier molecular flexibility index (Phi) is 3.04. The first-order valence-electron chi connectivity index (χ1n) is 5.38. The highest BCUT2D eigenvalue weighted by Crippen LogP contribution is 2.35. The van der Waals surface area contributed by atoms with E-state index in [0.29, 0.717) is 4.99 Å². The van der Waals surface area contributed by atoms with E-state index >= 15 is 0 Å². The van der Waals surface area contributed by atoms with Crippen LogP contribution in [0.1, 0.15) is 25.7 Å². The maximum atomic E-state index is 5.91. The Hall–Kier alpha value is -0.190. The summed E-state index contributed by atoms with van der Waals surface area (Å²) in [5.74, 6) is 0. The molecule has 2 N–H and O–H groups in total. The van der Waals surface area contributed by atoms with Gasteiger partial charge in [0.25, 0.3) is 0 Å². The molecule has 0 unspecified atom stereocenters. The van der Waals surface area contributed by atoms with Crippen LogP contribution in [0.15, 0.2) is 0 Å². The second-order valence-electron chi connectivity index (χ2n) is 4.20. The molecule has 0 bridgehead atoms. The van der Waals surface area contributed by atoms with Gasteiger partial charge in [0.2, 0.25) is 0 Å². The van der Waals surface area contributed by atoms with E-state index in [2.05, 4.69) is 4.90 Å². The van der Waals surface area contributed by atoms with Gasteiger partial charge in [0.15, 0.2) is 0 Å². The molecule has 0 amide bonds. The number of hydrogen-bond donors (Lipinski definition) is 1. The fraction of sp³-hybridized carbons (Fsp3) is 0.900. The standard InChI is InChI=1S/C10H18N2OS/c11-9(14)10(3-1-2-4-10)12-5-7-13-8-6-12/h1-8H2,(H2,11,14). The highest BCUT2D eigenvalue weighted by Gasteiger charge is 2.42. The third kappa shape index (κ3) is 1.66. The largest absolute Gasteiger partial charge is 0.392 e. The fourth-order valence-corrected chi connectivity index (χ4v) is 3.00. The van der Waals surface area contributed by atoms with Gasteiger partial charge in [-0.2, -0.15) is 0 Å². The first-order chi connectivity index (χ1) is 6.76. The van der Waals surface area contributed by atoms with Crippen LogP contribution in [0.5, 0.6) is 0 Å². The summed E-state index contributed by atoms with van der Waals surface area (Å²) >= 11 is 5.24.